The highest BCUT2D eigenvalue weighted by Crippen LogP contribution is 2.45. The second-order valence-electron chi connectivity index (χ2n) is 6.37. The molecule has 2 heterocycles. The van der Waals surface area contributed by atoms with Gasteiger partial charge in [-0.2, -0.15) is 0 Å². The molecule has 0 radical (unpaired) electrons. The van der Waals surface area contributed by atoms with E-state index >= 15 is 0 Å². The van der Waals surface area contributed by atoms with Crippen LogP contribution in [0.3, 0.4) is 0 Å². The lowest BCUT2D eigenvalue weighted by Crippen LogP contribution is -2.32. The van der Waals surface area contributed by atoms with Crippen LogP contribution in [0.25, 0.3) is 5.57 Å². The number of hydrogen-bond donors (Lipinski definition) is 0. The van der Waals surface area contributed by atoms with E-state index in [1.54, 1.807) is 36.4 Å². The topological polar surface area (TPSA) is 74.8 Å². The normalized spacial score (nSPS) is 18.9. The highest BCUT2D eigenvalue weighted by molar-refractivity contribution is 8.19. The minimum atomic E-state index is -0.581. The van der Waals surface area contributed by atoms with Crippen molar-refractivity contribution in [1.82, 2.24) is 0 Å². The molecule has 0 atom stereocenters. The standard InChI is InChI=1S/C21H16N2O4S/c1-3-13-8-4-6-10-15(13)23-20(26)18(28-21(23)27)17-14-9-5-7-11-16(14)22(12(2)24)19(17)25/h4-11H,3H2,1-2H3/b18-17-. The summed E-state index contributed by atoms with van der Waals surface area (Å²) in [6.45, 7) is 3.23. The molecule has 2 aromatic rings. The summed E-state index contributed by atoms with van der Waals surface area (Å²) < 4.78 is 0. The van der Waals surface area contributed by atoms with Gasteiger partial charge in [-0.15, -0.1) is 0 Å². The fraction of sp³-hybridized carbons (Fsp3) is 0.143. The third-order valence-electron chi connectivity index (χ3n) is 4.76. The van der Waals surface area contributed by atoms with Gasteiger partial charge < -0.3 is 0 Å². The Hall–Kier alpha value is -3.19. The Kier molecular flexibility index (Phi) is 4.39. The molecule has 7 heteroatoms. The molecule has 4 rings (SSSR count). The highest BCUT2D eigenvalue weighted by Gasteiger charge is 2.45. The number of aryl methyl sites for hydroxylation is 1. The van der Waals surface area contributed by atoms with Crippen molar-refractivity contribution in [1.29, 1.82) is 0 Å². The monoisotopic (exact) mass is 392 g/mol. The zero-order chi connectivity index (χ0) is 20.0. The Morgan fingerprint density at radius 2 is 1.57 bits per heavy atom. The Morgan fingerprint density at radius 3 is 2.25 bits per heavy atom. The van der Waals surface area contributed by atoms with Crippen LogP contribution in [-0.4, -0.2) is 23.0 Å². The van der Waals surface area contributed by atoms with Crippen LogP contribution >= 0.6 is 11.8 Å². The molecule has 0 spiro atoms. The van der Waals surface area contributed by atoms with Crippen molar-refractivity contribution >= 4 is 51.7 Å². The molecule has 0 unspecified atom stereocenters. The predicted octanol–water partition coefficient (Wildman–Crippen LogP) is 3.75. The number of anilines is 2. The quantitative estimate of drug-likeness (QED) is 0.728. The summed E-state index contributed by atoms with van der Waals surface area (Å²) in [6.07, 6.45) is 0.656. The number of fused-ring (bicyclic) bond motifs is 1. The predicted molar refractivity (Wildman–Crippen MR) is 108 cm³/mol. The van der Waals surface area contributed by atoms with Crippen LogP contribution in [0.2, 0.25) is 0 Å². The summed E-state index contributed by atoms with van der Waals surface area (Å²) in [4.78, 5) is 53.0. The number of para-hydroxylation sites is 2. The lowest BCUT2D eigenvalue weighted by atomic mass is 10.1. The third-order valence-corrected chi connectivity index (χ3v) is 5.70. The SMILES string of the molecule is CCc1ccccc1N1C(=O)S/C(=C2\C(=O)N(C(C)=O)c3ccccc32)C1=O. The smallest absolute Gasteiger partial charge is 0.274 e. The summed E-state index contributed by atoms with van der Waals surface area (Å²) >= 11 is 0.732. The van der Waals surface area contributed by atoms with Crippen LogP contribution in [-0.2, 0) is 20.8 Å². The number of carbonyl (C=O) groups is 4. The Balaban J connectivity index is 1.87. The summed E-state index contributed by atoms with van der Waals surface area (Å²) in [5.41, 5.74) is 2.39. The Bertz CT molecular complexity index is 1090. The molecule has 0 saturated carbocycles. The van der Waals surface area contributed by atoms with Gasteiger partial charge in [0.1, 0.15) is 0 Å². The van der Waals surface area contributed by atoms with Gasteiger partial charge in [-0.1, -0.05) is 43.3 Å². The van der Waals surface area contributed by atoms with Crippen LogP contribution in [0.4, 0.5) is 16.2 Å². The number of carbonyl (C=O) groups excluding carboxylic acids is 4. The van der Waals surface area contributed by atoms with E-state index < -0.39 is 23.0 Å². The maximum Gasteiger partial charge on any atom is 0.298 e. The van der Waals surface area contributed by atoms with Crippen LogP contribution in [0.1, 0.15) is 25.0 Å². The first-order valence-electron chi connectivity index (χ1n) is 8.78. The maximum atomic E-state index is 13.2. The van der Waals surface area contributed by atoms with E-state index in [2.05, 4.69) is 0 Å². The fourth-order valence-corrected chi connectivity index (χ4v) is 4.43. The number of nitrogens with zero attached hydrogens (tertiary/aromatic N) is 2. The van der Waals surface area contributed by atoms with E-state index in [4.69, 9.17) is 0 Å². The molecule has 28 heavy (non-hydrogen) atoms. The average Bonchev–Trinajstić information content (AvgIpc) is 3.13. The average molecular weight is 392 g/mol. The Labute approximate surface area is 165 Å². The molecule has 6 nitrogen and oxygen atoms in total. The molecule has 1 saturated heterocycles. The van der Waals surface area contributed by atoms with Crippen molar-refractivity contribution in [3.63, 3.8) is 0 Å². The van der Waals surface area contributed by atoms with Gasteiger partial charge in [-0.25, -0.2) is 9.80 Å². The number of rotatable bonds is 2. The van der Waals surface area contributed by atoms with Gasteiger partial charge in [0.05, 0.1) is 21.9 Å². The van der Waals surface area contributed by atoms with E-state index in [1.807, 2.05) is 19.1 Å². The van der Waals surface area contributed by atoms with Crippen molar-refractivity contribution in [3.05, 3.63) is 64.6 Å². The van der Waals surface area contributed by atoms with Crippen LogP contribution in [0, 0.1) is 0 Å². The number of benzene rings is 2. The first kappa shape index (κ1) is 18.2. The van der Waals surface area contributed by atoms with E-state index in [0.717, 1.165) is 27.1 Å². The molecular formula is C21H16N2O4S. The van der Waals surface area contributed by atoms with E-state index in [0.29, 0.717) is 23.4 Å². The van der Waals surface area contributed by atoms with Crippen LogP contribution in [0.15, 0.2) is 53.4 Å². The number of hydrogen-bond acceptors (Lipinski definition) is 5. The first-order valence-corrected chi connectivity index (χ1v) is 9.60. The zero-order valence-corrected chi connectivity index (χ0v) is 16.1. The molecule has 2 aromatic carbocycles. The van der Waals surface area contributed by atoms with Gasteiger partial charge in [0.25, 0.3) is 17.1 Å². The van der Waals surface area contributed by atoms with Gasteiger partial charge in [0, 0.05) is 12.5 Å². The second-order valence-corrected chi connectivity index (χ2v) is 7.33. The number of imide groups is 2. The van der Waals surface area contributed by atoms with Crippen molar-refractivity contribution in [2.24, 2.45) is 0 Å². The minimum absolute atomic E-state index is 0.0529. The minimum Gasteiger partial charge on any atom is -0.274 e. The van der Waals surface area contributed by atoms with Gasteiger partial charge in [0.2, 0.25) is 5.91 Å². The first-order chi connectivity index (χ1) is 13.5. The van der Waals surface area contributed by atoms with Crippen molar-refractivity contribution in [2.45, 2.75) is 20.3 Å². The largest absolute Gasteiger partial charge is 0.298 e. The maximum absolute atomic E-state index is 13.2. The zero-order valence-electron chi connectivity index (χ0n) is 15.3. The number of thioether (sulfide) groups is 1. The molecule has 140 valence electrons. The summed E-state index contributed by atoms with van der Waals surface area (Å²) in [6, 6.07) is 14.0. The number of amides is 4. The van der Waals surface area contributed by atoms with Crippen LogP contribution < -0.4 is 9.80 Å². The van der Waals surface area contributed by atoms with Crippen molar-refractivity contribution < 1.29 is 19.2 Å². The Morgan fingerprint density at radius 1 is 0.929 bits per heavy atom. The molecule has 2 aliphatic rings. The molecule has 4 amide bonds. The highest BCUT2D eigenvalue weighted by atomic mass is 32.2. The lowest BCUT2D eigenvalue weighted by molar-refractivity contribution is -0.122. The van der Waals surface area contributed by atoms with Crippen LogP contribution in [0.5, 0.6) is 0 Å². The molecule has 0 aliphatic carbocycles. The van der Waals surface area contributed by atoms with Gasteiger partial charge in [-0.05, 0) is 35.9 Å². The van der Waals surface area contributed by atoms with Gasteiger partial charge >= 0.3 is 0 Å². The van der Waals surface area contributed by atoms with Crippen molar-refractivity contribution in [2.75, 3.05) is 9.80 Å². The van der Waals surface area contributed by atoms with Gasteiger partial charge in [-0.3, -0.25) is 19.2 Å². The third kappa shape index (κ3) is 2.58. The molecule has 0 N–H and O–H groups in total. The summed E-state index contributed by atoms with van der Waals surface area (Å²) in [7, 11) is 0. The fourth-order valence-electron chi connectivity index (χ4n) is 3.50. The molecule has 0 bridgehead atoms. The second kappa shape index (κ2) is 6.76. The van der Waals surface area contributed by atoms with Gasteiger partial charge in [0.15, 0.2) is 0 Å². The molecule has 0 aromatic heterocycles. The summed E-state index contributed by atoms with van der Waals surface area (Å²) in [5.74, 6) is -1.56. The van der Waals surface area contributed by atoms with E-state index in [1.165, 1.54) is 6.92 Å². The van der Waals surface area contributed by atoms with E-state index in [-0.39, 0.29) is 10.5 Å². The lowest BCUT2D eigenvalue weighted by Gasteiger charge is -2.16. The molecular weight excluding hydrogens is 376 g/mol. The molecule has 1 fully saturated rings. The van der Waals surface area contributed by atoms with Crippen molar-refractivity contribution in [3.8, 4) is 0 Å². The molecule has 2 aliphatic heterocycles. The summed E-state index contributed by atoms with van der Waals surface area (Å²) in [5, 5.41) is -0.458. The van der Waals surface area contributed by atoms with E-state index in [9.17, 15) is 19.2 Å².